The van der Waals surface area contributed by atoms with Gasteiger partial charge in [-0.3, -0.25) is 0 Å². The summed E-state index contributed by atoms with van der Waals surface area (Å²) >= 11 is 0. The van der Waals surface area contributed by atoms with Crippen LogP contribution in [0.5, 0.6) is 0 Å². The maximum absolute atomic E-state index is 11.6. The second kappa shape index (κ2) is 11.9. The molecule has 1 aromatic rings. The maximum atomic E-state index is 11.6. The van der Waals surface area contributed by atoms with E-state index in [1.807, 2.05) is 6.07 Å². The fourth-order valence-corrected chi connectivity index (χ4v) is 3.99. The molecule has 1 aliphatic carbocycles. The van der Waals surface area contributed by atoms with Gasteiger partial charge in [-0.25, -0.2) is 0 Å². The average molecular weight is 370 g/mol. The first kappa shape index (κ1) is 23.3. The summed E-state index contributed by atoms with van der Waals surface area (Å²) in [5, 5.41) is 3.41. The number of aryl methyl sites for hydroxylation is 2. The first-order valence-electron chi connectivity index (χ1n) is 10.7. The van der Waals surface area contributed by atoms with Crippen LogP contribution in [0, 0.1) is 17.7 Å². The fraction of sp³-hybridized carbons (Fsp3) is 0.600. The van der Waals surface area contributed by atoms with Crippen LogP contribution in [0.15, 0.2) is 41.1 Å². The van der Waals surface area contributed by atoms with Gasteiger partial charge < -0.3 is 0 Å². The van der Waals surface area contributed by atoms with Crippen molar-refractivity contribution in [3.05, 3.63) is 57.5 Å². The summed E-state index contributed by atoms with van der Waals surface area (Å²) in [5.74, 6) is 0.632. The number of hydrogen-bond acceptors (Lipinski definition) is 2. The smallest absolute Gasteiger partial charge is 0.112 e. The van der Waals surface area contributed by atoms with E-state index in [1.165, 1.54) is 48.0 Å². The third-order valence-electron chi connectivity index (χ3n) is 5.31. The molecule has 27 heavy (non-hydrogen) atoms. The molecule has 0 aliphatic heterocycles. The highest BCUT2D eigenvalue weighted by molar-refractivity contribution is 5.56. The molecule has 1 aromatic carbocycles. The van der Waals surface area contributed by atoms with Gasteiger partial charge in [0.2, 0.25) is 0 Å². The number of rotatable bonds is 7. The summed E-state index contributed by atoms with van der Waals surface area (Å²) in [4.78, 5) is 11.6. The van der Waals surface area contributed by atoms with E-state index in [-0.39, 0.29) is 5.92 Å². The number of hydrogen-bond donors (Lipinski definition) is 0. The van der Waals surface area contributed by atoms with Gasteiger partial charge in [-0.05, 0) is 80.3 Å². The maximum Gasteiger partial charge on any atom is 0.112 e. The Hall–Kier alpha value is -1.70. The second-order valence-electron chi connectivity index (χ2n) is 8.13. The molecule has 2 nitrogen and oxygen atoms in total. The highest BCUT2D eigenvalue weighted by atomic mass is 16.3. The van der Waals surface area contributed by atoms with E-state index in [1.54, 1.807) is 0 Å². The van der Waals surface area contributed by atoms with E-state index in [0.717, 1.165) is 24.8 Å². The Morgan fingerprint density at radius 3 is 2.41 bits per heavy atom. The molecule has 2 heteroatoms. The standard InChI is InChI=1S/C22H31NO.C3H8/c1-6-7-8-9-18-13-17(5)22(21(14-18)23-24)20-12-16(4)10-11-19(20)15(2)3;1-3-2/h12-14,19-20H,2,6-11H2,1,3-5H3;3H2,1-2H3. The molecule has 0 saturated heterocycles. The van der Waals surface area contributed by atoms with Crippen molar-refractivity contribution in [2.24, 2.45) is 11.1 Å². The molecular formula is C25H39NO. The molecule has 2 unspecified atom stereocenters. The Labute approximate surface area is 167 Å². The molecule has 0 spiro atoms. The minimum atomic E-state index is 0.230. The molecule has 2 rings (SSSR count). The number of nitrogens with zero attached hydrogens (tertiary/aromatic N) is 1. The van der Waals surface area contributed by atoms with Crippen LogP contribution >= 0.6 is 0 Å². The van der Waals surface area contributed by atoms with Gasteiger partial charge in [-0.2, -0.15) is 0 Å². The van der Waals surface area contributed by atoms with Crippen molar-refractivity contribution in [1.29, 1.82) is 0 Å². The lowest BCUT2D eigenvalue weighted by molar-refractivity contribution is 0.482. The molecule has 150 valence electrons. The van der Waals surface area contributed by atoms with E-state index < -0.39 is 0 Å². The van der Waals surface area contributed by atoms with E-state index >= 15 is 0 Å². The van der Waals surface area contributed by atoms with Crippen LogP contribution in [0.2, 0.25) is 0 Å². The van der Waals surface area contributed by atoms with Gasteiger partial charge in [0.05, 0.1) is 0 Å². The SMILES string of the molecule is C=C(C)C1CCC(C)=CC1c1c(C)cc(CCCCC)cc1N=O.CCC. The Bertz CT molecular complexity index is 657. The average Bonchev–Trinajstić information content (AvgIpc) is 2.61. The summed E-state index contributed by atoms with van der Waals surface area (Å²) < 4.78 is 0. The van der Waals surface area contributed by atoms with Crippen molar-refractivity contribution in [2.45, 2.75) is 92.4 Å². The number of benzene rings is 1. The Morgan fingerprint density at radius 2 is 1.85 bits per heavy atom. The van der Waals surface area contributed by atoms with Gasteiger partial charge in [0.1, 0.15) is 5.69 Å². The van der Waals surface area contributed by atoms with Crippen LogP contribution in [0.3, 0.4) is 0 Å². The van der Waals surface area contributed by atoms with Gasteiger partial charge >= 0.3 is 0 Å². The van der Waals surface area contributed by atoms with Crippen molar-refractivity contribution >= 4 is 5.69 Å². The predicted octanol–water partition coefficient (Wildman–Crippen LogP) is 8.56. The number of allylic oxidation sites excluding steroid dienone is 3. The molecule has 0 radical (unpaired) electrons. The molecule has 0 amide bonds. The molecule has 2 atom stereocenters. The van der Waals surface area contributed by atoms with Crippen molar-refractivity contribution < 1.29 is 0 Å². The number of unbranched alkanes of at least 4 members (excludes halogenated alkanes) is 2. The summed E-state index contributed by atoms with van der Waals surface area (Å²) in [6.07, 6.45) is 10.4. The summed E-state index contributed by atoms with van der Waals surface area (Å²) in [6, 6.07) is 4.27. The van der Waals surface area contributed by atoms with Crippen LogP contribution < -0.4 is 0 Å². The van der Waals surface area contributed by atoms with Crippen molar-refractivity contribution in [1.82, 2.24) is 0 Å². The quantitative estimate of drug-likeness (QED) is 0.269. The van der Waals surface area contributed by atoms with Gasteiger partial charge in [0, 0.05) is 5.92 Å². The summed E-state index contributed by atoms with van der Waals surface area (Å²) in [5.41, 5.74) is 6.77. The van der Waals surface area contributed by atoms with Crippen molar-refractivity contribution in [3.63, 3.8) is 0 Å². The zero-order chi connectivity index (χ0) is 20.4. The largest absolute Gasteiger partial charge is 0.145 e. The Morgan fingerprint density at radius 1 is 1.19 bits per heavy atom. The molecule has 0 saturated carbocycles. The fourth-order valence-electron chi connectivity index (χ4n) is 3.99. The van der Waals surface area contributed by atoms with Gasteiger partial charge in [0.25, 0.3) is 0 Å². The lowest BCUT2D eigenvalue weighted by Gasteiger charge is -2.32. The molecule has 0 N–H and O–H groups in total. The van der Waals surface area contributed by atoms with Crippen LogP contribution in [-0.4, -0.2) is 0 Å². The van der Waals surface area contributed by atoms with Crippen molar-refractivity contribution in [3.8, 4) is 0 Å². The number of nitroso groups, excluding NO2 is 1. The topological polar surface area (TPSA) is 29.4 Å². The summed E-state index contributed by atoms with van der Waals surface area (Å²) in [6.45, 7) is 17.1. The van der Waals surface area contributed by atoms with Gasteiger partial charge in [-0.1, -0.05) is 69.9 Å². The van der Waals surface area contributed by atoms with Crippen molar-refractivity contribution in [2.75, 3.05) is 0 Å². The minimum absolute atomic E-state index is 0.230. The lowest BCUT2D eigenvalue weighted by atomic mass is 9.72. The van der Waals surface area contributed by atoms with E-state index in [2.05, 4.69) is 65.4 Å². The highest BCUT2D eigenvalue weighted by Gasteiger charge is 2.29. The summed E-state index contributed by atoms with van der Waals surface area (Å²) in [7, 11) is 0. The van der Waals surface area contributed by atoms with Gasteiger partial charge in [0.15, 0.2) is 0 Å². The first-order valence-corrected chi connectivity index (χ1v) is 10.7. The zero-order valence-electron chi connectivity index (χ0n) is 18.4. The Kier molecular flexibility index (Phi) is 10.3. The van der Waals surface area contributed by atoms with Gasteiger partial charge in [-0.15, -0.1) is 4.91 Å². The van der Waals surface area contributed by atoms with Crippen LogP contribution in [0.1, 0.15) is 95.8 Å². The van der Waals surface area contributed by atoms with Crippen LogP contribution in [0.25, 0.3) is 0 Å². The molecule has 1 aliphatic rings. The molecule has 0 bridgehead atoms. The van der Waals surface area contributed by atoms with E-state index in [4.69, 9.17) is 0 Å². The van der Waals surface area contributed by atoms with Crippen LogP contribution in [-0.2, 0) is 6.42 Å². The molecule has 0 heterocycles. The normalized spacial score (nSPS) is 19.0. The highest BCUT2D eigenvalue weighted by Crippen LogP contribution is 2.44. The molecular weight excluding hydrogens is 330 g/mol. The van der Waals surface area contributed by atoms with Crippen LogP contribution in [0.4, 0.5) is 5.69 Å². The second-order valence-corrected chi connectivity index (χ2v) is 8.13. The molecule has 0 aromatic heterocycles. The zero-order valence-corrected chi connectivity index (χ0v) is 18.4. The Balaban J connectivity index is 0.00000114. The lowest BCUT2D eigenvalue weighted by Crippen LogP contribution is -2.18. The monoisotopic (exact) mass is 369 g/mol. The van der Waals surface area contributed by atoms with E-state index in [9.17, 15) is 4.91 Å². The van der Waals surface area contributed by atoms with E-state index in [0.29, 0.717) is 11.6 Å². The first-order chi connectivity index (χ1) is 12.9. The third kappa shape index (κ3) is 6.75. The predicted molar refractivity (Wildman–Crippen MR) is 120 cm³/mol. The third-order valence-corrected chi connectivity index (χ3v) is 5.31. The minimum Gasteiger partial charge on any atom is -0.145 e. The molecule has 0 fully saturated rings.